The Morgan fingerprint density at radius 1 is 1.38 bits per heavy atom. The minimum absolute atomic E-state index is 0.0449. The number of carbonyl (C=O) groups excluding carboxylic acids is 1. The Morgan fingerprint density at radius 3 is 2.52 bits per heavy atom. The molecular formula is C15H26N2O4. The quantitative estimate of drug-likeness (QED) is 0.719. The predicted molar refractivity (Wildman–Crippen MR) is 78.0 cm³/mol. The van der Waals surface area contributed by atoms with E-state index in [4.69, 9.17) is 9.84 Å². The van der Waals surface area contributed by atoms with Crippen LogP contribution in [0.4, 0.5) is 4.79 Å². The highest BCUT2D eigenvalue weighted by Crippen LogP contribution is 2.62. The summed E-state index contributed by atoms with van der Waals surface area (Å²) in [5.41, 5.74) is 0.162. The number of nitrogens with one attached hydrogen (secondary N) is 2. The molecule has 2 fully saturated rings. The van der Waals surface area contributed by atoms with Crippen molar-refractivity contribution in [3.8, 4) is 0 Å². The molecule has 0 heterocycles. The van der Waals surface area contributed by atoms with Gasteiger partial charge in [-0.25, -0.2) is 9.59 Å². The second kappa shape index (κ2) is 5.48. The third-order valence-electron chi connectivity index (χ3n) is 5.48. The Bertz CT molecular complexity index is 433. The summed E-state index contributed by atoms with van der Waals surface area (Å²) < 4.78 is 4.82. The molecule has 0 aromatic heterocycles. The second-order valence-electron chi connectivity index (χ2n) is 7.31. The summed E-state index contributed by atoms with van der Waals surface area (Å²) in [6, 6.07) is -1.38. The Labute approximate surface area is 125 Å². The number of carboxylic acids is 1. The maximum Gasteiger partial charge on any atom is 0.328 e. The van der Waals surface area contributed by atoms with Crippen LogP contribution in [0.3, 0.4) is 0 Å². The van der Waals surface area contributed by atoms with Gasteiger partial charge < -0.3 is 20.5 Å². The van der Waals surface area contributed by atoms with Gasteiger partial charge in [0.2, 0.25) is 0 Å². The van der Waals surface area contributed by atoms with Gasteiger partial charge in [-0.2, -0.15) is 0 Å². The molecule has 6 heteroatoms. The maximum absolute atomic E-state index is 12.2. The van der Waals surface area contributed by atoms with E-state index in [2.05, 4.69) is 31.4 Å². The van der Waals surface area contributed by atoms with E-state index < -0.39 is 18.0 Å². The van der Waals surface area contributed by atoms with Gasteiger partial charge in [-0.05, 0) is 36.0 Å². The molecule has 4 unspecified atom stereocenters. The normalized spacial score (nSPS) is 34.5. The lowest BCUT2D eigenvalue weighted by Gasteiger charge is -2.43. The van der Waals surface area contributed by atoms with Gasteiger partial charge in [0.1, 0.15) is 0 Å². The van der Waals surface area contributed by atoms with E-state index in [9.17, 15) is 9.59 Å². The van der Waals surface area contributed by atoms with E-state index in [0.717, 1.165) is 12.8 Å². The number of hydrogen-bond acceptors (Lipinski definition) is 3. The van der Waals surface area contributed by atoms with Crippen molar-refractivity contribution in [2.45, 2.75) is 52.1 Å². The zero-order valence-corrected chi connectivity index (χ0v) is 13.2. The van der Waals surface area contributed by atoms with Crippen LogP contribution >= 0.6 is 0 Å². The van der Waals surface area contributed by atoms with Crippen LogP contribution in [-0.2, 0) is 9.53 Å². The van der Waals surface area contributed by atoms with Crippen LogP contribution in [0, 0.1) is 16.7 Å². The zero-order chi connectivity index (χ0) is 15.8. The smallest absolute Gasteiger partial charge is 0.328 e. The van der Waals surface area contributed by atoms with Gasteiger partial charge >= 0.3 is 12.0 Å². The van der Waals surface area contributed by atoms with Gasteiger partial charge in [0.15, 0.2) is 6.04 Å². The van der Waals surface area contributed by atoms with E-state index in [1.165, 1.54) is 13.5 Å². The first-order chi connectivity index (χ1) is 9.70. The number of hydrogen-bond donors (Lipinski definition) is 3. The van der Waals surface area contributed by atoms with Crippen LogP contribution in [0.15, 0.2) is 0 Å². The first kappa shape index (κ1) is 16.1. The summed E-state index contributed by atoms with van der Waals surface area (Å²) in [5, 5.41) is 14.6. The Morgan fingerprint density at radius 2 is 2.05 bits per heavy atom. The van der Waals surface area contributed by atoms with E-state index in [0.29, 0.717) is 5.92 Å². The lowest BCUT2D eigenvalue weighted by molar-refractivity contribution is -0.140. The SMILES string of the molecule is COCC(NC(=O)NC1C2(C)CCC(C2)C1(C)C)C(=O)O. The number of amides is 2. The summed E-state index contributed by atoms with van der Waals surface area (Å²) in [6.45, 7) is 6.56. The number of aliphatic carboxylic acids is 1. The summed E-state index contributed by atoms with van der Waals surface area (Å²) >= 11 is 0. The predicted octanol–water partition coefficient (Wildman–Crippen LogP) is 1.60. The van der Waals surface area contributed by atoms with Crippen molar-refractivity contribution in [2.24, 2.45) is 16.7 Å². The molecule has 2 aliphatic carbocycles. The molecule has 120 valence electrons. The molecule has 2 amide bonds. The van der Waals surface area contributed by atoms with Gasteiger partial charge in [0, 0.05) is 13.2 Å². The summed E-state index contributed by atoms with van der Waals surface area (Å²) in [4.78, 5) is 23.2. The van der Waals surface area contributed by atoms with Crippen molar-refractivity contribution in [1.29, 1.82) is 0 Å². The Kier molecular flexibility index (Phi) is 4.19. The Balaban J connectivity index is 2.01. The van der Waals surface area contributed by atoms with Crippen LogP contribution in [0.5, 0.6) is 0 Å². The van der Waals surface area contributed by atoms with Crippen molar-refractivity contribution in [3.05, 3.63) is 0 Å². The van der Waals surface area contributed by atoms with E-state index in [1.54, 1.807) is 0 Å². The highest BCUT2D eigenvalue weighted by atomic mass is 16.5. The number of fused-ring (bicyclic) bond motifs is 2. The Hall–Kier alpha value is -1.30. The monoisotopic (exact) mass is 298 g/mol. The molecule has 2 saturated carbocycles. The molecule has 2 bridgehead atoms. The molecular weight excluding hydrogens is 272 g/mol. The van der Waals surface area contributed by atoms with Gasteiger partial charge in [-0.1, -0.05) is 20.8 Å². The fourth-order valence-corrected chi connectivity index (χ4v) is 4.33. The minimum atomic E-state index is -1.09. The molecule has 0 aliphatic heterocycles. The molecule has 0 saturated heterocycles. The van der Waals surface area contributed by atoms with Crippen LogP contribution in [-0.4, -0.2) is 42.9 Å². The van der Waals surface area contributed by atoms with E-state index in [1.807, 2.05) is 0 Å². The molecule has 6 nitrogen and oxygen atoms in total. The number of methoxy groups -OCH3 is 1. The fraction of sp³-hybridized carbons (Fsp3) is 0.867. The average Bonchev–Trinajstić information content (AvgIpc) is 2.85. The van der Waals surface area contributed by atoms with E-state index >= 15 is 0 Å². The second-order valence-corrected chi connectivity index (χ2v) is 7.31. The summed E-state index contributed by atoms with van der Waals surface area (Å²) in [6.07, 6.45) is 3.46. The van der Waals surface area contributed by atoms with Crippen LogP contribution in [0.1, 0.15) is 40.0 Å². The van der Waals surface area contributed by atoms with E-state index in [-0.39, 0.29) is 23.5 Å². The molecule has 0 spiro atoms. The molecule has 0 aromatic rings. The fourth-order valence-electron chi connectivity index (χ4n) is 4.33. The highest BCUT2D eigenvalue weighted by Gasteiger charge is 2.59. The summed E-state index contributed by atoms with van der Waals surface area (Å²) in [7, 11) is 1.41. The number of ether oxygens (including phenoxy) is 1. The van der Waals surface area contributed by atoms with Gasteiger partial charge in [-0.15, -0.1) is 0 Å². The minimum Gasteiger partial charge on any atom is -0.480 e. The zero-order valence-electron chi connectivity index (χ0n) is 13.2. The lowest BCUT2D eigenvalue weighted by Crippen LogP contribution is -2.57. The number of carboxylic acid groups (broad SMARTS) is 1. The molecule has 21 heavy (non-hydrogen) atoms. The molecule has 4 atom stereocenters. The first-order valence-corrected chi connectivity index (χ1v) is 7.49. The van der Waals surface area contributed by atoms with Crippen molar-refractivity contribution in [1.82, 2.24) is 10.6 Å². The molecule has 2 aliphatic rings. The molecule has 3 N–H and O–H groups in total. The van der Waals surface area contributed by atoms with Gasteiger partial charge in [0.25, 0.3) is 0 Å². The van der Waals surface area contributed by atoms with Crippen LogP contribution in [0.25, 0.3) is 0 Å². The standard InChI is InChI=1S/C15H26N2O4/c1-14(2)9-5-6-15(3,7-9)12(14)17-13(20)16-10(8-21-4)11(18)19/h9-10,12H,5-8H2,1-4H3,(H,18,19)(H2,16,17,20). The van der Waals surface area contributed by atoms with Crippen molar-refractivity contribution < 1.29 is 19.4 Å². The average molecular weight is 298 g/mol. The number of urea groups is 1. The molecule has 2 rings (SSSR count). The van der Waals surface area contributed by atoms with Crippen molar-refractivity contribution >= 4 is 12.0 Å². The van der Waals surface area contributed by atoms with Crippen LogP contribution < -0.4 is 10.6 Å². The highest BCUT2D eigenvalue weighted by molar-refractivity contribution is 5.82. The van der Waals surface area contributed by atoms with Crippen molar-refractivity contribution in [2.75, 3.05) is 13.7 Å². The number of rotatable bonds is 5. The van der Waals surface area contributed by atoms with Crippen LogP contribution in [0.2, 0.25) is 0 Å². The van der Waals surface area contributed by atoms with Gasteiger partial charge in [-0.3, -0.25) is 0 Å². The largest absolute Gasteiger partial charge is 0.480 e. The third kappa shape index (κ3) is 2.86. The first-order valence-electron chi connectivity index (χ1n) is 7.49. The van der Waals surface area contributed by atoms with Crippen molar-refractivity contribution in [3.63, 3.8) is 0 Å². The maximum atomic E-state index is 12.2. The topological polar surface area (TPSA) is 87.7 Å². The molecule has 0 radical (unpaired) electrons. The third-order valence-corrected chi connectivity index (χ3v) is 5.48. The summed E-state index contributed by atoms with van der Waals surface area (Å²) in [5.74, 6) is -0.465. The van der Waals surface area contributed by atoms with Gasteiger partial charge in [0.05, 0.1) is 6.61 Å². The molecule has 0 aromatic carbocycles. The number of carbonyl (C=O) groups is 2. The lowest BCUT2D eigenvalue weighted by atomic mass is 9.68.